The Morgan fingerprint density at radius 3 is 2.82 bits per heavy atom. The fourth-order valence-electron chi connectivity index (χ4n) is 0.596. The van der Waals surface area contributed by atoms with E-state index in [0.717, 1.165) is 0 Å². The molecule has 0 heterocycles. The van der Waals surface area contributed by atoms with Crippen molar-refractivity contribution in [1.82, 2.24) is 5.32 Å². The first-order chi connectivity index (χ1) is 5.22. The number of carboxylic acid groups (broad SMARTS) is 1. The average molecular weight is 161 g/mol. The molecule has 0 saturated carbocycles. The van der Waals surface area contributed by atoms with E-state index in [2.05, 4.69) is 10.1 Å². The first-order valence-electron chi connectivity index (χ1n) is 3.13. The SMILES string of the molecule is COCC[C@H](NC=O)C(=O)O. The quantitative estimate of drug-likeness (QED) is 0.501. The highest BCUT2D eigenvalue weighted by atomic mass is 16.5. The van der Waals surface area contributed by atoms with Gasteiger partial charge in [0.05, 0.1) is 0 Å². The van der Waals surface area contributed by atoms with Crippen molar-refractivity contribution in [3.05, 3.63) is 0 Å². The Morgan fingerprint density at radius 2 is 2.45 bits per heavy atom. The third kappa shape index (κ3) is 4.32. The van der Waals surface area contributed by atoms with Gasteiger partial charge < -0.3 is 15.2 Å². The topological polar surface area (TPSA) is 75.6 Å². The first kappa shape index (κ1) is 9.90. The van der Waals surface area contributed by atoms with Crippen molar-refractivity contribution in [1.29, 1.82) is 0 Å². The largest absolute Gasteiger partial charge is 0.480 e. The molecule has 1 atom stereocenters. The molecule has 0 rings (SSSR count). The number of hydrogen-bond acceptors (Lipinski definition) is 3. The summed E-state index contributed by atoms with van der Waals surface area (Å²) in [4.78, 5) is 20.2. The molecule has 11 heavy (non-hydrogen) atoms. The standard InChI is InChI=1S/C6H11NO4/c1-11-3-2-5(6(9)10)7-4-8/h4-5H,2-3H2,1H3,(H,7,8)(H,9,10)/t5-/m0/s1. The minimum atomic E-state index is -1.05. The summed E-state index contributed by atoms with van der Waals surface area (Å²) in [5, 5.41) is 10.6. The lowest BCUT2D eigenvalue weighted by Gasteiger charge is -2.08. The highest BCUT2D eigenvalue weighted by Crippen LogP contribution is 1.90. The van der Waals surface area contributed by atoms with Crippen molar-refractivity contribution in [2.24, 2.45) is 0 Å². The summed E-state index contributed by atoms with van der Waals surface area (Å²) >= 11 is 0. The molecule has 0 aliphatic rings. The van der Waals surface area contributed by atoms with Crippen LogP contribution in [0.1, 0.15) is 6.42 Å². The Morgan fingerprint density at radius 1 is 1.82 bits per heavy atom. The molecule has 5 heteroatoms. The molecule has 0 fully saturated rings. The van der Waals surface area contributed by atoms with Crippen molar-refractivity contribution in [2.75, 3.05) is 13.7 Å². The summed E-state index contributed by atoms with van der Waals surface area (Å²) in [5.74, 6) is -1.05. The van der Waals surface area contributed by atoms with Crippen LogP contribution in [-0.2, 0) is 14.3 Å². The van der Waals surface area contributed by atoms with E-state index >= 15 is 0 Å². The third-order valence-electron chi connectivity index (χ3n) is 1.18. The molecule has 0 aromatic rings. The van der Waals surface area contributed by atoms with Gasteiger partial charge >= 0.3 is 5.97 Å². The highest BCUT2D eigenvalue weighted by molar-refractivity contribution is 5.76. The lowest BCUT2D eigenvalue weighted by Crippen LogP contribution is -2.36. The van der Waals surface area contributed by atoms with Crippen LogP contribution in [0.2, 0.25) is 0 Å². The van der Waals surface area contributed by atoms with E-state index < -0.39 is 12.0 Å². The van der Waals surface area contributed by atoms with E-state index in [1.807, 2.05) is 0 Å². The second kappa shape index (κ2) is 5.67. The second-order valence-electron chi connectivity index (χ2n) is 1.96. The van der Waals surface area contributed by atoms with Gasteiger partial charge in [-0.05, 0) is 0 Å². The lowest BCUT2D eigenvalue weighted by molar-refractivity contribution is -0.141. The Hall–Kier alpha value is -1.10. The zero-order valence-corrected chi connectivity index (χ0v) is 6.24. The van der Waals surface area contributed by atoms with E-state index in [1.165, 1.54) is 7.11 Å². The summed E-state index contributed by atoms with van der Waals surface area (Å²) in [6.07, 6.45) is 0.652. The van der Waals surface area contributed by atoms with Crippen molar-refractivity contribution >= 4 is 12.4 Å². The third-order valence-corrected chi connectivity index (χ3v) is 1.18. The van der Waals surface area contributed by atoms with E-state index in [-0.39, 0.29) is 6.42 Å². The molecule has 0 spiro atoms. The number of carbonyl (C=O) groups excluding carboxylic acids is 1. The van der Waals surface area contributed by atoms with Gasteiger partial charge in [0.1, 0.15) is 6.04 Å². The molecule has 0 unspecified atom stereocenters. The van der Waals surface area contributed by atoms with Crippen LogP contribution in [0.4, 0.5) is 0 Å². The summed E-state index contributed by atoms with van der Waals surface area (Å²) in [5.41, 5.74) is 0. The molecule has 0 radical (unpaired) electrons. The number of nitrogens with one attached hydrogen (secondary N) is 1. The van der Waals surface area contributed by atoms with Crippen molar-refractivity contribution in [2.45, 2.75) is 12.5 Å². The van der Waals surface area contributed by atoms with Gasteiger partial charge in [-0.15, -0.1) is 0 Å². The van der Waals surface area contributed by atoms with Gasteiger partial charge in [-0.1, -0.05) is 0 Å². The fourth-order valence-corrected chi connectivity index (χ4v) is 0.596. The van der Waals surface area contributed by atoms with Crippen LogP contribution in [0.15, 0.2) is 0 Å². The summed E-state index contributed by atoms with van der Waals surface area (Å²) in [6.45, 7) is 0.317. The van der Waals surface area contributed by atoms with Crippen LogP contribution >= 0.6 is 0 Å². The zero-order valence-electron chi connectivity index (χ0n) is 6.24. The number of ether oxygens (including phenoxy) is 1. The van der Waals surface area contributed by atoms with E-state index in [4.69, 9.17) is 5.11 Å². The fraction of sp³-hybridized carbons (Fsp3) is 0.667. The van der Waals surface area contributed by atoms with Crippen LogP contribution in [0.3, 0.4) is 0 Å². The van der Waals surface area contributed by atoms with Crippen LogP contribution in [-0.4, -0.2) is 37.2 Å². The number of hydrogen-bond donors (Lipinski definition) is 2. The molecule has 2 N–H and O–H groups in total. The van der Waals surface area contributed by atoms with E-state index in [9.17, 15) is 9.59 Å². The van der Waals surface area contributed by atoms with Crippen molar-refractivity contribution in [3.63, 3.8) is 0 Å². The molecular weight excluding hydrogens is 150 g/mol. The molecule has 0 bridgehead atoms. The van der Waals surface area contributed by atoms with Gasteiger partial charge in [-0.3, -0.25) is 4.79 Å². The molecule has 1 amide bonds. The molecule has 0 aromatic carbocycles. The Labute approximate surface area is 64.3 Å². The average Bonchev–Trinajstić information content (AvgIpc) is 1.97. The van der Waals surface area contributed by atoms with Gasteiger partial charge in [0, 0.05) is 20.1 Å². The normalized spacial score (nSPS) is 12.1. The van der Waals surface area contributed by atoms with Crippen LogP contribution < -0.4 is 5.32 Å². The van der Waals surface area contributed by atoms with Crippen LogP contribution in [0.25, 0.3) is 0 Å². The monoisotopic (exact) mass is 161 g/mol. The minimum Gasteiger partial charge on any atom is -0.480 e. The lowest BCUT2D eigenvalue weighted by atomic mass is 10.2. The maximum absolute atomic E-state index is 10.3. The van der Waals surface area contributed by atoms with Crippen molar-refractivity contribution < 1.29 is 19.4 Å². The molecule has 0 aliphatic heterocycles. The smallest absolute Gasteiger partial charge is 0.326 e. The summed E-state index contributed by atoms with van der Waals surface area (Å²) in [7, 11) is 1.47. The van der Waals surface area contributed by atoms with E-state index in [1.54, 1.807) is 0 Å². The minimum absolute atomic E-state index is 0.282. The van der Waals surface area contributed by atoms with Crippen LogP contribution in [0.5, 0.6) is 0 Å². The van der Waals surface area contributed by atoms with Gasteiger partial charge in [0.25, 0.3) is 0 Å². The van der Waals surface area contributed by atoms with E-state index in [0.29, 0.717) is 13.0 Å². The van der Waals surface area contributed by atoms with Gasteiger partial charge in [-0.2, -0.15) is 0 Å². The molecule has 64 valence electrons. The molecule has 5 nitrogen and oxygen atoms in total. The Kier molecular flexibility index (Phi) is 5.10. The summed E-state index contributed by atoms with van der Waals surface area (Å²) in [6, 6.07) is -0.840. The highest BCUT2D eigenvalue weighted by Gasteiger charge is 2.14. The predicted molar refractivity (Wildman–Crippen MR) is 37.1 cm³/mol. The zero-order chi connectivity index (χ0) is 8.69. The second-order valence-corrected chi connectivity index (χ2v) is 1.96. The van der Waals surface area contributed by atoms with Gasteiger partial charge in [0.2, 0.25) is 6.41 Å². The Bertz CT molecular complexity index is 137. The maximum atomic E-state index is 10.3. The van der Waals surface area contributed by atoms with Gasteiger partial charge in [0.15, 0.2) is 0 Å². The van der Waals surface area contributed by atoms with Crippen molar-refractivity contribution in [3.8, 4) is 0 Å². The number of carbonyl (C=O) groups is 2. The molecule has 0 aliphatic carbocycles. The van der Waals surface area contributed by atoms with Gasteiger partial charge in [-0.25, -0.2) is 4.79 Å². The number of methoxy groups -OCH3 is 1. The molecule has 0 aromatic heterocycles. The number of rotatable bonds is 6. The molecule has 0 saturated heterocycles. The number of carboxylic acids is 1. The van der Waals surface area contributed by atoms with Crippen LogP contribution in [0, 0.1) is 0 Å². The predicted octanol–water partition coefficient (Wildman–Crippen LogP) is -0.778. The number of aliphatic carboxylic acids is 1. The summed E-state index contributed by atoms with van der Waals surface area (Å²) < 4.78 is 4.65. The maximum Gasteiger partial charge on any atom is 0.326 e. The number of amides is 1. The molecular formula is C6H11NO4. The Balaban J connectivity index is 3.69. The first-order valence-corrected chi connectivity index (χ1v) is 3.13.